The Balaban J connectivity index is 1.53. The molecule has 0 radical (unpaired) electrons. The number of benzene rings is 1. The summed E-state index contributed by atoms with van der Waals surface area (Å²) in [5.74, 6) is 0.0126. The van der Waals surface area contributed by atoms with E-state index in [0.717, 1.165) is 0 Å². The Morgan fingerprint density at radius 3 is 2.69 bits per heavy atom. The molecule has 11 heteroatoms. The van der Waals surface area contributed by atoms with Crippen molar-refractivity contribution in [1.29, 1.82) is 0 Å². The maximum absolute atomic E-state index is 13.3. The number of halogens is 1. The van der Waals surface area contributed by atoms with Gasteiger partial charge in [-0.05, 0) is 38.1 Å². The lowest BCUT2D eigenvalue weighted by Crippen LogP contribution is -2.37. The maximum atomic E-state index is 13.3. The van der Waals surface area contributed by atoms with Crippen LogP contribution in [0.4, 0.5) is 4.39 Å². The van der Waals surface area contributed by atoms with E-state index in [1.165, 1.54) is 34.8 Å². The number of nitrogens with one attached hydrogen (secondary N) is 1. The summed E-state index contributed by atoms with van der Waals surface area (Å²) in [6.07, 6.45) is 1.10. The van der Waals surface area contributed by atoms with Gasteiger partial charge in [0, 0.05) is 25.4 Å². The number of thioether (sulfide) groups is 1. The molecule has 9 nitrogen and oxygen atoms in total. The molecule has 1 aliphatic rings. The highest BCUT2D eigenvalue weighted by Gasteiger charge is 2.29. The Hall–Kier alpha value is -2.76. The van der Waals surface area contributed by atoms with E-state index in [1.54, 1.807) is 16.7 Å². The Morgan fingerprint density at radius 1 is 1.28 bits per heavy atom. The van der Waals surface area contributed by atoms with E-state index in [2.05, 4.69) is 15.4 Å². The van der Waals surface area contributed by atoms with Crippen molar-refractivity contribution in [2.45, 2.75) is 37.8 Å². The lowest BCUT2D eigenvalue weighted by molar-refractivity contribution is -0.140. The van der Waals surface area contributed by atoms with Gasteiger partial charge in [0.1, 0.15) is 11.2 Å². The van der Waals surface area contributed by atoms with Gasteiger partial charge in [-0.1, -0.05) is 11.8 Å². The summed E-state index contributed by atoms with van der Waals surface area (Å²) in [5.41, 5.74) is 0.764. The zero-order valence-corrected chi connectivity index (χ0v) is 18.6. The van der Waals surface area contributed by atoms with Crippen LogP contribution in [-0.2, 0) is 14.3 Å². The number of carbonyl (C=O) groups excluding carboxylic acids is 1. The van der Waals surface area contributed by atoms with Crippen LogP contribution in [0.25, 0.3) is 16.7 Å². The second kappa shape index (κ2) is 9.80. The van der Waals surface area contributed by atoms with E-state index in [1.807, 2.05) is 13.8 Å². The third kappa shape index (κ3) is 4.54. The molecule has 4 rings (SSSR count). The van der Waals surface area contributed by atoms with Crippen LogP contribution >= 0.6 is 11.8 Å². The van der Waals surface area contributed by atoms with E-state index in [-0.39, 0.29) is 36.3 Å². The van der Waals surface area contributed by atoms with Crippen LogP contribution in [0.1, 0.15) is 26.3 Å². The second-order valence-corrected chi connectivity index (χ2v) is 8.14. The van der Waals surface area contributed by atoms with Crippen LogP contribution in [-0.4, -0.2) is 57.0 Å². The van der Waals surface area contributed by atoms with Gasteiger partial charge in [-0.2, -0.15) is 5.10 Å². The summed E-state index contributed by atoms with van der Waals surface area (Å²) in [4.78, 5) is 30.3. The van der Waals surface area contributed by atoms with Gasteiger partial charge >= 0.3 is 0 Å². The quantitative estimate of drug-likeness (QED) is 0.385. The Labute approximate surface area is 187 Å². The number of carbonyl (C=O) groups is 1. The first-order valence-corrected chi connectivity index (χ1v) is 11.4. The van der Waals surface area contributed by atoms with Crippen LogP contribution in [0.3, 0.4) is 0 Å². The monoisotopic (exact) mass is 461 g/mol. The fourth-order valence-electron chi connectivity index (χ4n) is 3.57. The molecule has 170 valence electrons. The normalized spacial score (nSPS) is 15.4. The molecule has 1 N–H and O–H groups in total. The molecule has 0 aliphatic carbocycles. The zero-order valence-electron chi connectivity index (χ0n) is 17.8. The first-order valence-electron chi connectivity index (χ1n) is 10.4. The highest BCUT2D eigenvalue weighted by Crippen LogP contribution is 2.33. The summed E-state index contributed by atoms with van der Waals surface area (Å²) in [5, 5.41) is 7.96. The minimum atomic E-state index is -0.500. The lowest BCUT2D eigenvalue weighted by atomic mass is 10.2. The van der Waals surface area contributed by atoms with Crippen molar-refractivity contribution in [3.63, 3.8) is 0 Å². The molecular formula is C21H24FN5O4S. The molecule has 0 fully saturated rings. The Bertz CT molecular complexity index is 1160. The Kier molecular flexibility index (Phi) is 6.87. The number of aromatic nitrogens is 4. The van der Waals surface area contributed by atoms with E-state index < -0.39 is 6.29 Å². The number of rotatable bonds is 9. The van der Waals surface area contributed by atoms with Crippen molar-refractivity contribution < 1.29 is 18.7 Å². The van der Waals surface area contributed by atoms with Crippen LogP contribution in [0.2, 0.25) is 0 Å². The number of ether oxygens (including phenoxy) is 2. The SMILES string of the molecule is CCOC(CNC(=O)CC1CSc2nc3c(cnn3-c3ccc(F)cc3)c(=O)n21)OCC. The van der Waals surface area contributed by atoms with Crippen LogP contribution in [0.5, 0.6) is 0 Å². The molecule has 1 aliphatic heterocycles. The van der Waals surface area contributed by atoms with Gasteiger partial charge in [0.15, 0.2) is 17.1 Å². The van der Waals surface area contributed by atoms with E-state index >= 15 is 0 Å². The molecule has 1 aromatic carbocycles. The fraction of sp³-hybridized carbons (Fsp3) is 0.429. The highest BCUT2D eigenvalue weighted by molar-refractivity contribution is 7.99. The molecule has 0 bridgehead atoms. The van der Waals surface area contributed by atoms with Gasteiger partial charge < -0.3 is 14.8 Å². The smallest absolute Gasteiger partial charge is 0.265 e. The van der Waals surface area contributed by atoms with Crippen LogP contribution in [0, 0.1) is 5.82 Å². The van der Waals surface area contributed by atoms with Gasteiger partial charge in [-0.3, -0.25) is 14.2 Å². The molecule has 3 aromatic rings. The minimum absolute atomic E-state index is 0.143. The van der Waals surface area contributed by atoms with E-state index in [9.17, 15) is 14.0 Å². The van der Waals surface area contributed by atoms with Crippen molar-refractivity contribution in [3.8, 4) is 5.69 Å². The molecule has 2 aromatic heterocycles. The predicted octanol–water partition coefficient (Wildman–Crippen LogP) is 2.27. The number of amides is 1. The summed E-state index contributed by atoms with van der Waals surface area (Å²) in [7, 11) is 0. The van der Waals surface area contributed by atoms with E-state index in [0.29, 0.717) is 40.8 Å². The van der Waals surface area contributed by atoms with Crippen molar-refractivity contribution >= 4 is 28.7 Å². The Morgan fingerprint density at radius 2 is 2.00 bits per heavy atom. The van der Waals surface area contributed by atoms with Crippen LogP contribution < -0.4 is 10.9 Å². The summed E-state index contributed by atoms with van der Waals surface area (Å²) < 4.78 is 27.2. The summed E-state index contributed by atoms with van der Waals surface area (Å²) >= 11 is 1.42. The van der Waals surface area contributed by atoms with Gasteiger partial charge in [-0.15, -0.1) is 0 Å². The number of nitrogens with zero attached hydrogens (tertiary/aromatic N) is 4. The summed E-state index contributed by atoms with van der Waals surface area (Å²) in [6.45, 7) is 4.92. The summed E-state index contributed by atoms with van der Waals surface area (Å²) in [6, 6.07) is 5.49. The number of hydrogen-bond acceptors (Lipinski definition) is 7. The molecule has 1 unspecified atom stereocenters. The third-order valence-corrected chi connectivity index (χ3v) is 6.13. The largest absolute Gasteiger partial charge is 0.351 e. The molecule has 0 saturated heterocycles. The van der Waals surface area contributed by atoms with Gasteiger partial charge in [-0.25, -0.2) is 14.1 Å². The van der Waals surface area contributed by atoms with Gasteiger partial charge in [0.2, 0.25) is 5.91 Å². The minimum Gasteiger partial charge on any atom is -0.351 e. The molecule has 1 amide bonds. The highest BCUT2D eigenvalue weighted by atomic mass is 32.2. The van der Waals surface area contributed by atoms with Crippen molar-refractivity contribution in [1.82, 2.24) is 24.6 Å². The molecule has 1 atom stereocenters. The fourth-order valence-corrected chi connectivity index (χ4v) is 4.70. The standard InChI is InChI=1S/C21H24FN5O4S/c1-3-30-18(31-4-2)11-23-17(28)9-15-12-32-21-25-19-16(20(29)26(15)21)10-24-27(19)14-7-5-13(22)6-8-14/h5-8,10,15,18H,3-4,9,11-12H2,1-2H3,(H,23,28). The average Bonchev–Trinajstić information content (AvgIpc) is 3.38. The topological polar surface area (TPSA) is 100 Å². The lowest BCUT2D eigenvalue weighted by Gasteiger charge is -2.18. The number of fused-ring (bicyclic) bond motifs is 2. The van der Waals surface area contributed by atoms with Crippen molar-refractivity contribution in [2.24, 2.45) is 0 Å². The zero-order chi connectivity index (χ0) is 22.7. The van der Waals surface area contributed by atoms with Crippen molar-refractivity contribution in [2.75, 3.05) is 25.5 Å². The third-order valence-electron chi connectivity index (χ3n) is 5.03. The number of hydrogen-bond donors (Lipinski definition) is 1. The van der Waals surface area contributed by atoms with Crippen LogP contribution in [0.15, 0.2) is 40.4 Å². The molecule has 0 saturated carbocycles. The predicted molar refractivity (Wildman–Crippen MR) is 118 cm³/mol. The molecule has 32 heavy (non-hydrogen) atoms. The maximum Gasteiger partial charge on any atom is 0.265 e. The first kappa shape index (κ1) is 22.4. The van der Waals surface area contributed by atoms with Gasteiger partial charge in [0.05, 0.1) is 24.5 Å². The molecule has 3 heterocycles. The molecular weight excluding hydrogens is 437 g/mol. The van der Waals surface area contributed by atoms with Gasteiger partial charge in [0.25, 0.3) is 5.56 Å². The first-order chi connectivity index (χ1) is 15.5. The van der Waals surface area contributed by atoms with E-state index in [4.69, 9.17) is 9.47 Å². The molecule has 0 spiro atoms. The second-order valence-electron chi connectivity index (χ2n) is 7.15. The van der Waals surface area contributed by atoms with Crippen molar-refractivity contribution in [3.05, 3.63) is 46.6 Å². The average molecular weight is 462 g/mol.